The van der Waals surface area contributed by atoms with Crippen molar-refractivity contribution in [2.24, 2.45) is 0 Å². The molecule has 130 valence electrons. The number of sulfonamides is 1. The van der Waals surface area contributed by atoms with Crippen LogP contribution >= 0.6 is 0 Å². The largest absolute Gasteiger partial charge is 0.486 e. The molecule has 0 spiro atoms. The Bertz CT molecular complexity index is 788. The van der Waals surface area contributed by atoms with E-state index in [0.717, 1.165) is 12.2 Å². The second-order valence-corrected chi connectivity index (χ2v) is 7.57. The fourth-order valence-corrected chi connectivity index (χ4v) is 3.68. The van der Waals surface area contributed by atoms with Crippen LogP contribution in [0.3, 0.4) is 0 Å². The first kappa shape index (κ1) is 16.6. The van der Waals surface area contributed by atoms with Gasteiger partial charge in [0.25, 0.3) is 0 Å². The van der Waals surface area contributed by atoms with Crippen LogP contribution in [0.1, 0.15) is 19.8 Å². The highest BCUT2D eigenvalue weighted by Gasteiger charge is 2.21. The average Bonchev–Trinajstić information content (AvgIpc) is 2.99. The summed E-state index contributed by atoms with van der Waals surface area (Å²) in [6, 6.07) is 7.51. The van der Waals surface area contributed by atoms with E-state index in [-0.39, 0.29) is 11.9 Å². The van der Waals surface area contributed by atoms with Gasteiger partial charge in [-0.2, -0.15) is 5.10 Å². The van der Waals surface area contributed by atoms with Gasteiger partial charge < -0.3 is 9.47 Å². The zero-order valence-corrected chi connectivity index (χ0v) is 14.3. The van der Waals surface area contributed by atoms with E-state index in [0.29, 0.717) is 31.0 Å². The first-order chi connectivity index (χ1) is 11.6. The summed E-state index contributed by atoms with van der Waals surface area (Å²) in [5.74, 6) is 1.56. The molecule has 8 heteroatoms. The summed E-state index contributed by atoms with van der Waals surface area (Å²) in [7, 11) is -3.32. The lowest BCUT2D eigenvalue weighted by atomic mass is 10.2. The van der Waals surface area contributed by atoms with Gasteiger partial charge in [0.05, 0.1) is 24.2 Å². The topological polar surface area (TPSA) is 82.5 Å². The summed E-state index contributed by atoms with van der Waals surface area (Å²) < 4.78 is 39.5. The van der Waals surface area contributed by atoms with Gasteiger partial charge in [-0.15, -0.1) is 0 Å². The van der Waals surface area contributed by atoms with E-state index in [1.165, 1.54) is 6.20 Å². The number of benzene rings is 1. The van der Waals surface area contributed by atoms with Gasteiger partial charge in [-0.3, -0.25) is 9.40 Å². The van der Waals surface area contributed by atoms with Crippen molar-refractivity contribution in [3.8, 4) is 11.5 Å². The van der Waals surface area contributed by atoms with Crippen molar-refractivity contribution in [2.45, 2.75) is 32.4 Å². The lowest BCUT2D eigenvalue weighted by Gasteiger charge is -2.26. The van der Waals surface area contributed by atoms with Gasteiger partial charge in [0, 0.05) is 6.20 Å². The summed E-state index contributed by atoms with van der Waals surface area (Å²) in [5.41, 5.74) is 0.461. The van der Waals surface area contributed by atoms with Gasteiger partial charge in [-0.25, -0.2) is 8.42 Å². The third-order valence-corrected chi connectivity index (χ3v) is 5.00. The molecule has 1 aliphatic rings. The fraction of sp³-hybridized carbons (Fsp3) is 0.438. The number of nitrogens with zero attached hydrogens (tertiary/aromatic N) is 2. The number of anilines is 1. The van der Waals surface area contributed by atoms with E-state index >= 15 is 0 Å². The van der Waals surface area contributed by atoms with Crippen LogP contribution in [0.5, 0.6) is 11.5 Å². The Balaban J connectivity index is 1.59. The minimum Gasteiger partial charge on any atom is -0.486 e. The number of fused-ring (bicyclic) bond motifs is 1. The third-order valence-electron chi connectivity index (χ3n) is 3.63. The van der Waals surface area contributed by atoms with Crippen LogP contribution in [0.4, 0.5) is 5.69 Å². The first-order valence-corrected chi connectivity index (χ1v) is 9.62. The summed E-state index contributed by atoms with van der Waals surface area (Å²) in [4.78, 5) is 0. The highest BCUT2D eigenvalue weighted by atomic mass is 32.2. The van der Waals surface area contributed by atoms with Crippen LogP contribution in [0.15, 0.2) is 36.7 Å². The maximum atomic E-state index is 11.9. The van der Waals surface area contributed by atoms with Crippen molar-refractivity contribution in [3.63, 3.8) is 0 Å². The second-order valence-electron chi connectivity index (χ2n) is 5.72. The minimum atomic E-state index is -3.32. The normalized spacial score (nSPS) is 16.8. The molecule has 1 aromatic carbocycles. The molecule has 0 amide bonds. The molecule has 0 radical (unpaired) electrons. The van der Waals surface area contributed by atoms with Gasteiger partial charge in [-0.1, -0.05) is 25.5 Å². The van der Waals surface area contributed by atoms with Crippen molar-refractivity contribution in [2.75, 3.05) is 17.1 Å². The van der Waals surface area contributed by atoms with E-state index < -0.39 is 10.0 Å². The molecule has 1 atom stereocenters. The molecule has 24 heavy (non-hydrogen) atoms. The third kappa shape index (κ3) is 4.19. The molecule has 0 bridgehead atoms. The molecule has 0 fully saturated rings. The molecule has 0 aliphatic carbocycles. The van der Waals surface area contributed by atoms with Crippen molar-refractivity contribution >= 4 is 15.7 Å². The highest BCUT2D eigenvalue weighted by Crippen LogP contribution is 2.31. The molecule has 3 rings (SSSR count). The number of unbranched alkanes of at least 4 members (excludes halogenated alkanes) is 1. The maximum absolute atomic E-state index is 11.9. The summed E-state index contributed by atoms with van der Waals surface area (Å²) >= 11 is 0. The molecule has 1 aliphatic heterocycles. The van der Waals surface area contributed by atoms with Gasteiger partial charge in [0.15, 0.2) is 17.6 Å². The van der Waals surface area contributed by atoms with Crippen molar-refractivity contribution in [1.82, 2.24) is 9.78 Å². The van der Waals surface area contributed by atoms with Crippen LogP contribution < -0.4 is 14.2 Å². The summed E-state index contributed by atoms with van der Waals surface area (Å²) in [6.45, 7) is 2.86. The molecule has 1 unspecified atom stereocenters. The van der Waals surface area contributed by atoms with Gasteiger partial charge >= 0.3 is 0 Å². The number of nitrogens with one attached hydrogen (secondary N) is 1. The zero-order valence-electron chi connectivity index (χ0n) is 13.5. The molecule has 0 saturated heterocycles. The number of rotatable bonds is 7. The Morgan fingerprint density at radius 1 is 1.33 bits per heavy atom. The lowest BCUT2D eigenvalue weighted by Crippen LogP contribution is -2.33. The number of ether oxygens (including phenoxy) is 2. The minimum absolute atomic E-state index is 0.116. The SMILES string of the molecule is CCCCS(=O)(=O)Nc1cnn(CC2COc3ccccc3O2)c1. The van der Waals surface area contributed by atoms with Gasteiger partial charge in [-0.05, 0) is 18.6 Å². The Labute approximate surface area is 141 Å². The molecule has 2 heterocycles. The Hall–Kier alpha value is -2.22. The molecule has 1 N–H and O–H groups in total. The smallest absolute Gasteiger partial charge is 0.232 e. The van der Waals surface area contributed by atoms with Crippen LogP contribution in [0.2, 0.25) is 0 Å². The molecule has 7 nitrogen and oxygen atoms in total. The first-order valence-electron chi connectivity index (χ1n) is 7.97. The standard InChI is InChI=1S/C16H21N3O4S/c1-2-3-8-24(20,21)18-13-9-17-19(10-13)11-14-12-22-15-6-4-5-7-16(15)23-14/h4-7,9-10,14,18H,2-3,8,11-12H2,1H3. The van der Waals surface area contributed by atoms with Gasteiger partial charge in [0.2, 0.25) is 10.0 Å². The average molecular weight is 351 g/mol. The molecular weight excluding hydrogens is 330 g/mol. The molecule has 2 aromatic rings. The number of para-hydroxylation sites is 2. The molecule has 1 aromatic heterocycles. The van der Waals surface area contributed by atoms with Crippen LogP contribution in [-0.4, -0.2) is 36.7 Å². The number of hydrogen-bond donors (Lipinski definition) is 1. The van der Waals surface area contributed by atoms with Crippen LogP contribution in [0, 0.1) is 0 Å². The second kappa shape index (κ2) is 7.12. The molecular formula is C16H21N3O4S. The number of aromatic nitrogens is 2. The fourth-order valence-electron chi connectivity index (χ4n) is 2.44. The predicted octanol–water partition coefficient (Wildman–Crippen LogP) is 2.26. The highest BCUT2D eigenvalue weighted by molar-refractivity contribution is 7.92. The van der Waals surface area contributed by atoms with Crippen molar-refractivity contribution < 1.29 is 17.9 Å². The summed E-state index contributed by atoms with van der Waals surface area (Å²) in [6.07, 6.45) is 4.45. The van der Waals surface area contributed by atoms with Crippen LogP contribution in [-0.2, 0) is 16.6 Å². The lowest BCUT2D eigenvalue weighted by molar-refractivity contribution is 0.0759. The Kier molecular flexibility index (Phi) is 4.94. The molecule has 0 saturated carbocycles. The van der Waals surface area contributed by atoms with E-state index in [2.05, 4.69) is 9.82 Å². The number of hydrogen-bond acceptors (Lipinski definition) is 5. The maximum Gasteiger partial charge on any atom is 0.232 e. The van der Waals surface area contributed by atoms with E-state index in [9.17, 15) is 8.42 Å². The van der Waals surface area contributed by atoms with E-state index in [1.807, 2.05) is 31.2 Å². The van der Waals surface area contributed by atoms with Crippen molar-refractivity contribution in [1.29, 1.82) is 0 Å². The quantitative estimate of drug-likeness (QED) is 0.827. The van der Waals surface area contributed by atoms with Crippen molar-refractivity contribution in [3.05, 3.63) is 36.7 Å². The van der Waals surface area contributed by atoms with E-state index in [1.54, 1.807) is 10.9 Å². The Morgan fingerprint density at radius 3 is 2.92 bits per heavy atom. The van der Waals surface area contributed by atoms with Gasteiger partial charge in [0.1, 0.15) is 6.61 Å². The predicted molar refractivity (Wildman–Crippen MR) is 90.9 cm³/mol. The Morgan fingerprint density at radius 2 is 2.12 bits per heavy atom. The van der Waals surface area contributed by atoms with E-state index in [4.69, 9.17) is 9.47 Å². The summed E-state index contributed by atoms with van der Waals surface area (Å²) in [5, 5.41) is 4.18. The zero-order chi connectivity index (χ0) is 17.0. The monoisotopic (exact) mass is 351 g/mol. The van der Waals surface area contributed by atoms with Crippen LogP contribution in [0.25, 0.3) is 0 Å².